The minimum absolute atomic E-state index is 0.145. The molecule has 0 unspecified atom stereocenters. The molecule has 1 amide bonds. The van der Waals surface area contributed by atoms with E-state index in [-0.39, 0.29) is 22.1 Å². The summed E-state index contributed by atoms with van der Waals surface area (Å²) in [5.74, 6) is -0.995. The average Bonchev–Trinajstić information content (AvgIpc) is 3.03. The Balaban J connectivity index is 1.75. The fraction of sp³-hybridized carbons (Fsp3) is 0.0588. The molecule has 1 heterocycles. The van der Waals surface area contributed by atoms with Crippen LogP contribution in [0.2, 0.25) is 5.02 Å². The van der Waals surface area contributed by atoms with Crippen LogP contribution < -0.4 is 5.32 Å². The smallest absolute Gasteiger partial charge is 0.282 e. The summed E-state index contributed by atoms with van der Waals surface area (Å²) in [6.45, 7) is 0.382. The second-order valence-electron chi connectivity index (χ2n) is 5.43. The lowest BCUT2D eigenvalue weighted by atomic mass is 10.1. The van der Waals surface area contributed by atoms with Crippen molar-refractivity contribution >= 4 is 28.9 Å². The van der Waals surface area contributed by atoms with Crippen molar-refractivity contribution in [3.8, 4) is 0 Å². The van der Waals surface area contributed by atoms with Crippen LogP contribution in [0.3, 0.4) is 0 Å². The van der Waals surface area contributed by atoms with E-state index in [0.717, 1.165) is 5.56 Å². The number of anilines is 1. The molecule has 0 aliphatic rings. The van der Waals surface area contributed by atoms with Crippen molar-refractivity contribution in [2.75, 3.05) is 5.32 Å². The van der Waals surface area contributed by atoms with Crippen molar-refractivity contribution in [1.82, 2.24) is 9.78 Å². The first-order chi connectivity index (χ1) is 12.4. The highest BCUT2D eigenvalue weighted by atomic mass is 35.5. The summed E-state index contributed by atoms with van der Waals surface area (Å²) in [5.41, 5.74) is 0.712. The Hall–Kier alpha value is -3.26. The van der Waals surface area contributed by atoms with E-state index in [1.54, 1.807) is 23.0 Å². The molecular formula is C17H12ClFN4O3. The fourth-order valence-corrected chi connectivity index (χ4v) is 2.51. The summed E-state index contributed by atoms with van der Waals surface area (Å²) in [6, 6.07) is 9.71. The zero-order chi connectivity index (χ0) is 18.7. The number of aromatic nitrogens is 2. The maximum Gasteiger partial charge on any atom is 0.282 e. The number of hydrogen-bond acceptors (Lipinski definition) is 4. The third kappa shape index (κ3) is 4.04. The summed E-state index contributed by atoms with van der Waals surface area (Å²) >= 11 is 5.83. The molecule has 1 aromatic heterocycles. The van der Waals surface area contributed by atoms with Gasteiger partial charge in [0.25, 0.3) is 11.6 Å². The summed E-state index contributed by atoms with van der Waals surface area (Å²) in [4.78, 5) is 22.8. The number of hydrogen-bond donors (Lipinski definition) is 1. The second kappa shape index (κ2) is 7.32. The van der Waals surface area contributed by atoms with Crippen molar-refractivity contribution < 1.29 is 14.1 Å². The van der Waals surface area contributed by atoms with Gasteiger partial charge in [-0.1, -0.05) is 23.7 Å². The monoisotopic (exact) mass is 374 g/mol. The summed E-state index contributed by atoms with van der Waals surface area (Å²) in [5, 5.41) is 17.9. The van der Waals surface area contributed by atoms with E-state index < -0.39 is 10.8 Å². The van der Waals surface area contributed by atoms with Gasteiger partial charge in [-0.05, 0) is 29.8 Å². The Labute approximate surface area is 152 Å². The van der Waals surface area contributed by atoms with Crippen molar-refractivity contribution in [2.24, 2.45) is 0 Å². The van der Waals surface area contributed by atoms with E-state index in [4.69, 9.17) is 11.6 Å². The van der Waals surface area contributed by atoms with Gasteiger partial charge in [-0.25, -0.2) is 4.39 Å². The molecule has 0 saturated carbocycles. The number of carbonyl (C=O) groups is 1. The summed E-state index contributed by atoms with van der Waals surface area (Å²) in [6.07, 6.45) is 2.98. The van der Waals surface area contributed by atoms with E-state index in [0.29, 0.717) is 12.2 Å². The van der Waals surface area contributed by atoms with Crippen LogP contribution in [0.15, 0.2) is 54.9 Å². The third-order valence-corrected chi connectivity index (χ3v) is 3.78. The largest absolute Gasteiger partial charge is 0.319 e. The molecule has 7 nitrogen and oxygen atoms in total. The highest BCUT2D eigenvalue weighted by molar-refractivity contribution is 6.31. The number of rotatable bonds is 5. The molecular weight excluding hydrogens is 363 g/mol. The van der Waals surface area contributed by atoms with Crippen LogP contribution in [-0.2, 0) is 6.54 Å². The van der Waals surface area contributed by atoms with E-state index >= 15 is 0 Å². The van der Waals surface area contributed by atoms with Crippen molar-refractivity contribution in [3.63, 3.8) is 0 Å². The molecule has 0 saturated heterocycles. The van der Waals surface area contributed by atoms with Gasteiger partial charge in [0.15, 0.2) is 0 Å². The van der Waals surface area contributed by atoms with E-state index in [1.165, 1.54) is 36.5 Å². The van der Waals surface area contributed by atoms with Gasteiger partial charge < -0.3 is 5.32 Å². The number of nitro groups is 1. The Morgan fingerprint density at radius 1 is 1.27 bits per heavy atom. The van der Waals surface area contributed by atoms with Crippen LogP contribution >= 0.6 is 11.6 Å². The second-order valence-corrected chi connectivity index (χ2v) is 5.86. The van der Waals surface area contributed by atoms with Gasteiger partial charge in [-0.2, -0.15) is 5.10 Å². The van der Waals surface area contributed by atoms with Crippen LogP contribution in [-0.4, -0.2) is 20.6 Å². The minimum Gasteiger partial charge on any atom is -0.319 e. The summed E-state index contributed by atoms with van der Waals surface area (Å²) < 4.78 is 14.5. The molecule has 0 radical (unpaired) electrons. The molecule has 0 aliphatic carbocycles. The molecule has 0 spiro atoms. The molecule has 9 heteroatoms. The van der Waals surface area contributed by atoms with Crippen LogP contribution in [0.1, 0.15) is 15.9 Å². The number of halogens is 2. The molecule has 1 N–H and O–H groups in total. The number of carbonyl (C=O) groups excluding carboxylic acids is 1. The number of nitrogens with zero attached hydrogens (tertiary/aromatic N) is 3. The maximum absolute atomic E-state index is 12.9. The van der Waals surface area contributed by atoms with E-state index in [9.17, 15) is 19.3 Å². The number of amides is 1. The van der Waals surface area contributed by atoms with Gasteiger partial charge in [0.1, 0.15) is 11.4 Å². The van der Waals surface area contributed by atoms with E-state index in [1.807, 2.05) is 0 Å². The average molecular weight is 375 g/mol. The fourth-order valence-electron chi connectivity index (χ4n) is 2.34. The highest BCUT2D eigenvalue weighted by Gasteiger charge is 2.21. The molecule has 0 aliphatic heterocycles. The molecule has 0 atom stereocenters. The van der Waals surface area contributed by atoms with Crippen LogP contribution in [0.25, 0.3) is 0 Å². The zero-order valence-electron chi connectivity index (χ0n) is 13.2. The molecule has 2 aromatic carbocycles. The summed E-state index contributed by atoms with van der Waals surface area (Å²) in [7, 11) is 0. The van der Waals surface area contributed by atoms with Crippen molar-refractivity contribution in [1.29, 1.82) is 0 Å². The normalized spacial score (nSPS) is 10.5. The minimum atomic E-state index is -0.666. The Morgan fingerprint density at radius 3 is 2.69 bits per heavy atom. The first kappa shape index (κ1) is 17.6. The lowest BCUT2D eigenvalue weighted by molar-refractivity contribution is -0.385. The number of nitro benzene ring substituents is 1. The number of benzene rings is 2. The first-order valence-electron chi connectivity index (χ1n) is 7.44. The molecule has 3 rings (SSSR count). The quantitative estimate of drug-likeness (QED) is 0.542. The van der Waals surface area contributed by atoms with Crippen LogP contribution in [0.4, 0.5) is 15.8 Å². The third-order valence-electron chi connectivity index (χ3n) is 3.55. The van der Waals surface area contributed by atoms with Crippen molar-refractivity contribution in [2.45, 2.75) is 6.54 Å². The predicted molar refractivity (Wildman–Crippen MR) is 93.8 cm³/mol. The Bertz CT molecular complexity index is 972. The maximum atomic E-state index is 12.9. The standard InChI is InChI=1S/C17H12ClFN4O3/c18-12-3-6-16(23(25)26)15(7-12)17(24)21-14-8-20-22(10-14)9-11-1-4-13(19)5-2-11/h1-8,10H,9H2,(H,21,24). The number of nitrogens with one attached hydrogen (secondary N) is 1. The Morgan fingerprint density at radius 2 is 2.00 bits per heavy atom. The molecule has 0 fully saturated rings. The molecule has 26 heavy (non-hydrogen) atoms. The van der Waals surface area contributed by atoms with Gasteiger partial charge >= 0.3 is 0 Å². The van der Waals surface area contributed by atoms with Gasteiger partial charge in [0.05, 0.1) is 23.4 Å². The Kier molecular flexibility index (Phi) is 4.94. The molecule has 3 aromatic rings. The predicted octanol–water partition coefficient (Wildman–Crippen LogP) is 3.88. The first-order valence-corrected chi connectivity index (χ1v) is 7.82. The molecule has 0 bridgehead atoms. The van der Waals surface area contributed by atoms with Crippen LogP contribution in [0.5, 0.6) is 0 Å². The lowest BCUT2D eigenvalue weighted by Gasteiger charge is -2.04. The molecule has 132 valence electrons. The van der Waals surface area contributed by atoms with E-state index in [2.05, 4.69) is 10.4 Å². The highest BCUT2D eigenvalue weighted by Crippen LogP contribution is 2.23. The van der Waals surface area contributed by atoms with Gasteiger partial charge in [0.2, 0.25) is 0 Å². The van der Waals surface area contributed by atoms with Gasteiger partial charge in [0, 0.05) is 17.3 Å². The SMILES string of the molecule is O=C(Nc1cnn(Cc2ccc(F)cc2)c1)c1cc(Cl)ccc1[N+](=O)[O-]. The van der Waals surface area contributed by atoms with Gasteiger partial charge in [-0.3, -0.25) is 19.6 Å². The van der Waals surface area contributed by atoms with Gasteiger partial charge in [-0.15, -0.1) is 0 Å². The lowest BCUT2D eigenvalue weighted by Crippen LogP contribution is -2.13. The topological polar surface area (TPSA) is 90.1 Å². The van der Waals surface area contributed by atoms with Crippen LogP contribution in [0, 0.1) is 15.9 Å². The van der Waals surface area contributed by atoms with Crippen molar-refractivity contribution in [3.05, 3.63) is 86.9 Å². The zero-order valence-corrected chi connectivity index (χ0v) is 14.0.